The van der Waals surface area contributed by atoms with Gasteiger partial charge in [0.2, 0.25) is 0 Å². The van der Waals surface area contributed by atoms with E-state index in [0.717, 1.165) is 12.5 Å². The summed E-state index contributed by atoms with van der Waals surface area (Å²) in [7, 11) is -1.79. The number of aromatic nitrogens is 2. The zero-order chi connectivity index (χ0) is 15.4. The molecular formula is C12H9N3O5S. The first-order chi connectivity index (χ1) is 10.0. The molecule has 1 heterocycles. The molecule has 0 fully saturated rings. The molecule has 0 spiro atoms. The predicted octanol–water partition coefficient (Wildman–Crippen LogP) is 1.39. The largest absolute Gasteiger partial charge is 0.478 e. The highest BCUT2D eigenvalue weighted by atomic mass is 32.2. The Labute approximate surface area is 121 Å². The molecule has 1 unspecified atom stereocenters. The number of nitro groups is 1. The molecule has 0 amide bonds. The number of carboxylic acid groups (broad SMARTS) is 1. The van der Waals surface area contributed by atoms with E-state index in [2.05, 4.69) is 9.97 Å². The SMILES string of the molecule is O=C(O)c1cncnc1CS(=O)c1ccccc1[N+](=O)[O-]. The van der Waals surface area contributed by atoms with Crippen LogP contribution in [0.25, 0.3) is 0 Å². The van der Waals surface area contributed by atoms with Gasteiger partial charge in [0.15, 0.2) is 0 Å². The minimum atomic E-state index is -1.79. The fourth-order valence-electron chi connectivity index (χ4n) is 1.65. The van der Waals surface area contributed by atoms with E-state index in [1.54, 1.807) is 0 Å². The number of carbonyl (C=O) groups is 1. The van der Waals surface area contributed by atoms with Crippen LogP contribution in [0.2, 0.25) is 0 Å². The summed E-state index contributed by atoms with van der Waals surface area (Å²) < 4.78 is 12.3. The van der Waals surface area contributed by atoms with Gasteiger partial charge in [-0.1, -0.05) is 12.1 Å². The summed E-state index contributed by atoms with van der Waals surface area (Å²) >= 11 is 0. The molecule has 0 bridgehead atoms. The van der Waals surface area contributed by atoms with Crippen molar-refractivity contribution in [3.63, 3.8) is 0 Å². The van der Waals surface area contributed by atoms with Gasteiger partial charge in [-0.2, -0.15) is 0 Å². The Kier molecular flexibility index (Phi) is 4.33. The highest BCUT2D eigenvalue weighted by Crippen LogP contribution is 2.23. The first-order valence-electron chi connectivity index (χ1n) is 5.64. The van der Waals surface area contributed by atoms with E-state index >= 15 is 0 Å². The van der Waals surface area contributed by atoms with Crippen LogP contribution in [-0.2, 0) is 16.6 Å². The summed E-state index contributed by atoms with van der Waals surface area (Å²) in [4.78, 5) is 28.7. The molecule has 108 valence electrons. The first-order valence-corrected chi connectivity index (χ1v) is 6.96. The van der Waals surface area contributed by atoms with Gasteiger partial charge in [0.05, 0.1) is 27.2 Å². The Morgan fingerprint density at radius 2 is 2.10 bits per heavy atom. The third-order valence-corrected chi connectivity index (χ3v) is 3.97. The average molecular weight is 307 g/mol. The van der Waals surface area contributed by atoms with Crippen LogP contribution >= 0.6 is 0 Å². The van der Waals surface area contributed by atoms with E-state index in [1.165, 1.54) is 24.3 Å². The number of benzene rings is 1. The summed E-state index contributed by atoms with van der Waals surface area (Å²) in [6, 6.07) is 5.60. The number of rotatable bonds is 5. The number of hydrogen-bond donors (Lipinski definition) is 1. The van der Waals surface area contributed by atoms with Gasteiger partial charge in [-0.05, 0) is 6.07 Å². The van der Waals surface area contributed by atoms with Gasteiger partial charge < -0.3 is 5.11 Å². The Bertz CT molecular complexity index is 734. The minimum absolute atomic E-state index is 0.0254. The number of nitrogens with zero attached hydrogens (tertiary/aromatic N) is 3. The highest BCUT2D eigenvalue weighted by Gasteiger charge is 2.21. The van der Waals surface area contributed by atoms with Crippen LogP contribution in [0.4, 0.5) is 5.69 Å². The molecule has 1 atom stereocenters. The summed E-state index contributed by atoms with van der Waals surface area (Å²) in [5, 5.41) is 19.9. The predicted molar refractivity (Wildman–Crippen MR) is 72.2 cm³/mol. The zero-order valence-electron chi connectivity index (χ0n) is 10.5. The van der Waals surface area contributed by atoms with Crippen LogP contribution < -0.4 is 0 Å². The lowest BCUT2D eigenvalue weighted by Crippen LogP contribution is -2.09. The molecule has 0 aliphatic rings. The van der Waals surface area contributed by atoms with Crippen molar-refractivity contribution in [1.29, 1.82) is 0 Å². The zero-order valence-corrected chi connectivity index (χ0v) is 11.3. The smallest absolute Gasteiger partial charge is 0.339 e. The Balaban J connectivity index is 2.36. The first kappa shape index (κ1) is 14.7. The molecular weight excluding hydrogens is 298 g/mol. The van der Waals surface area contributed by atoms with E-state index < -0.39 is 21.7 Å². The van der Waals surface area contributed by atoms with Gasteiger partial charge in [-0.25, -0.2) is 14.8 Å². The van der Waals surface area contributed by atoms with Gasteiger partial charge in [0.25, 0.3) is 5.69 Å². The molecule has 1 aromatic heterocycles. The molecule has 0 aliphatic carbocycles. The molecule has 2 rings (SSSR count). The highest BCUT2D eigenvalue weighted by molar-refractivity contribution is 7.84. The molecule has 8 nitrogen and oxygen atoms in total. The van der Waals surface area contributed by atoms with Crippen LogP contribution in [0, 0.1) is 10.1 Å². The maximum atomic E-state index is 12.3. The van der Waals surface area contributed by atoms with Crippen LogP contribution in [-0.4, -0.2) is 30.2 Å². The molecule has 0 saturated heterocycles. The van der Waals surface area contributed by atoms with Crippen LogP contribution in [0.1, 0.15) is 16.1 Å². The lowest BCUT2D eigenvalue weighted by Gasteiger charge is -2.05. The van der Waals surface area contributed by atoms with Gasteiger partial charge >= 0.3 is 5.97 Å². The van der Waals surface area contributed by atoms with Crippen molar-refractivity contribution < 1.29 is 19.0 Å². The normalized spacial score (nSPS) is 11.8. The maximum absolute atomic E-state index is 12.3. The van der Waals surface area contributed by atoms with E-state index in [9.17, 15) is 19.1 Å². The molecule has 2 aromatic rings. The third-order valence-electron chi connectivity index (χ3n) is 2.60. The Hall–Kier alpha value is -2.68. The van der Waals surface area contributed by atoms with Crippen molar-refractivity contribution in [2.75, 3.05) is 0 Å². The van der Waals surface area contributed by atoms with Crippen molar-refractivity contribution in [3.05, 3.63) is 58.2 Å². The van der Waals surface area contributed by atoms with Gasteiger partial charge in [-0.15, -0.1) is 0 Å². The Morgan fingerprint density at radius 3 is 2.76 bits per heavy atom. The monoisotopic (exact) mass is 307 g/mol. The fraction of sp³-hybridized carbons (Fsp3) is 0.0833. The molecule has 0 radical (unpaired) electrons. The van der Waals surface area contributed by atoms with Crippen LogP contribution in [0.15, 0.2) is 41.7 Å². The lowest BCUT2D eigenvalue weighted by molar-refractivity contribution is -0.387. The molecule has 1 aromatic carbocycles. The van der Waals surface area contributed by atoms with Crippen molar-refractivity contribution in [2.45, 2.75) is 10.6 Å². The standard InChI is InChI=1S/C12H9N3O5S/c16-12(17)8-5-13-7-14-9(8)6-21(20)11-4-2-1-3-10(11)15(18)19/h1-5,7H,6H2,(H,16,17). The summed E-state index contributed by atoms with van der Waals surface area (Å²) in [6.45, 7) is 0. The van der Waals surface area contributed by atoms with Crippen molar-refractivity contribution in [1.82, 2.24) is 9.97 Å². The molecule has 1 N–H and O–H groups in total. The number of aromatic carboxylic acids is 1. The van der Waals surface area contributed by atoms with E-state index in [1.807, 2.05) is 0 Å². The number of carboxylic acids is 1. The van der Waals surface area contributed by atoms with Gasteiger partial charge in [0, 0.05) is 12.3 Å². The molecule has 9 heteroatoms. The van der Waals surface area contributed by atoms with Gasteiger partial charge in [-0.3, -0.25) is 14.3 Å². The van der Waals surface area contributed by atoms with Gasteiger partial charge in [0.1, 0.15) is 16.8 Å². The van der Waals surface area contributed by atoms with E-state index in [-0.39, 0.29) is 27.6 Å². The van der Waals surface area contributed by atoms with Crippen molar-refractivity contribution >= 4 is 22.5 Å². The second kappa shape index (κ2) is 6.18. The second-order valence-corrected chi connectivity index (χ2v) is 5.32. The topological polar surface area (TPSA) is 123 Å². The van der Waals surface area contributed by atoms with Crippen LogP contribution in [0.3, 0.4) is 0 Å². The minimum Gasteiger partial charge on any atom is -0.478 e. The fourth-order valence-corrected chi connectivity index (χ4v) is 2.89. The number of hydrogen-bond acceptors (Lipinski definition) is 6. The quantitative estimate of drug-likeness (QED) is 0.653. The number of nitro benzene ring substituents is 1. The summed E-state index contributed by atoms with van der Waals surface area (Å²) in [5.74, 6) is -1.49. The van der Waals surface area contributed by atoms with Crippen molar-refractivity contribution in [2.24, 2.45) is 0 Å². The number of para-hydroxylation sites is 1. The van der Waals surface area contributed by atoms with E-state index in [4.69, 9.17) is 5.11 Å². The lowest BCUT2D eigenvalue weighted by atomic mass is 10.2. The Morgan fingerprint density at radius 1 is 1.38 bits per heavy atom. The van der Waals surface area contributed by atoms with E-state index in [0.29, 0.717) is 0 Å². The van der Waals surface area contributed by atoms with Crippen LogP contribution in [0.5, 0.6) is 0 Å². The molecule has 21 heavy (non-hydrogen) atoms. The third kappa shape index (κ3) is 3.26. The average Bonchev–Trinajstić information content (AvgIpc) is 2.47. The molecule has 0 aliphatic heterocycles. The summed E-state index contributed by atoms with van der Waals surface area (Å²) in [6.07, 6.45) is 2.24. The molecule has 0 saturated carbocycles. The maximum Gasteiger partial charge on any atom is 0.339 e. The van der Waals surface area contributed by atoms with Crippen molar-refractivity contribution in [3.8, 4) is 0 Å². The second-order valence-electron chi connectivity index (χ2n) is 3.90. The summed E-state index contributed by atoms with van der Waals surface area (Å²) in [5.41, 5.74) is -0.389.